The Morgan fingerprint density at radius 2 is 1.90 bits per heavy atom. The Bertz CT molecular complexity index is 129. The second-order valence-corrected chi connectivity index (χ2v) is 2.85. The molecular formula is C9H15N. The summed E-state index contributed by atoms with van der Waals surface area (Å²) in [4.78, 5) is 0. The van der Waals surface area contributed by atoms with Gasteiger partial charge in [0.2, 0.25) is 0 Å². The lowest BCUT2D eigenvalue weighted by Gasteiger charge is -2.11. The molecule has 0 saturated carbocycles. The Kier molecular flexibility index (Phi) is 3.32. The topological polar surface area (TPSA) is 12.0 Å². The van der Waals surface area contributed by atoms with Gasteiger partial charge in [-0.3, -0.25) is 0 Å². The van der Waals surface area contributed by atoms with E-state index in [9.17, 15) is 0 Å². The Morgan fingerprint density at radius 1 is 1.30 bits per heavy atom. The van der Waals surface area contributed by atoms with Crippen molar-refractivity contribution in [3.05, 3.63) is 0 Å². The van der Waals surface area contributed by atoms with Gasteiger partial charge in [0.15, 0.2) is 0 Å². The normalized spacial score (nSPS) is 19.3. The highest BCUT2D eigenvalue weighted by molar-refractivity contribution is 5.01. The molecule has 0 aliphatic heterocycles. The van der Waals surface area contributed by atoms with Crippen LogP contribution in [0.2, 0.25) is 0 Å². The number of hydrogen-bond donors (Lipinski definition) is 1. The molecule has 0 aromatic carbocycles. The molecule has 0 bridgehead atoms. The molecule has 1 nitrogen and oxygen atoms in total. The minimum absolute atomic E-state index is 0.854. The van der Waals surface area contributed by atoms with Gasteiger partial charge >= 0.3 is 0 Å². The lowest BCUT2D eigenvalue weighted by atomic mass is 10.0. The van der Waals surface area contributed by atoms with Crippen molar-refractivity contribution in [3.63, 3.8) is 0 Å². The predicted octanol–water partition coefficient (Wildman–Crippen LogP) is 1.40. The van der Waals surface area contributed by atoms with Crippen LogP contribution in [0.3, 0.4) is 0 Å². The van der Waals surface area contributed by atoms with Crippen molar-refractivity contribution in [2.45, 2.75) is 25.7 Å². The Hall–Kier alpha value is -0.480. The van der Waals surface area contributed by atoms with Gasteiger partial charge in [-0.15, -0.1) is 11.8 Å². The fraction of sp³-hybridized carbons (Fsp3) is 0.778. The van der Waals surface area contributed by atoms with E-state index in [-0.39, 0.29) is 0 Å². The van der Waals surface area contributed by atoms with Crippen LogP contribution in [-0.4, -0.2) is 13.6 Å². The van der Waals surface area contributed by atoms with Crippen LogP contribution in [0.5, 0.6) is 0 Å². The molecule has 0 atom stereocenters. The Balaban J connectivity index is 2.22. The summed E-state index contributed by atoms with van der Waals surface area (Å²) in [5.41, 5.74) is 0. The minimum atomic E-state index is 0.854. The molecule has 56 valence electrons. The van der Waals surface area contributed by atoms with Gasteiger partial charge in [0.25, 0.3) is 0 Å². The Morgan fingerprint density at radius 3 is 2.40 bits per heavy atom. The van der Waals surface area contributed by atoms with Gasteiger partial charge in [-0.1, -0.05) is 0 Å². The maximum Gasteiger partial charge on any atom is 0.00918 e. The second-order valence-electron chi connectivity index (χ2n) is 2.85. The van der Waals surface area contributed by atoms with Crippen LogP contribution in [0.15, 0.2) is 0 Å². The van der Waals surface area contributed by atoms with Gasteiger partial charge in [0.05, 0.1) is 0 Å². The summed E-state index contributed by atoms with van der Waals surface area (Å²) in [6.07, 6.45) is 4.78. The van der Waals surface area contributed by atoms with E-state index in [0.29, 0.717) is 0 Å². The maximum absolute atomic E-state index is 3.21. The van der Waals surface area contributed by atoms with E-state index in [1.54, 1.807) is 0 Å². The Labute approximate surface area is 63.2 Å². The van der Waals surface area contributed by atoms with Crippen LogP contribution in [-0.2, 0) is 0 Å². The van der Waals surface area contributed by atoms with Crippen molar-refractivity contribution < 1.29 is 0 Å². The molecule has 0 saturated heterocycles. The van der Waals surface area contributed by atoms with Gasteiger partial charge in [0, 0.05) is 12.8 Å². The molecule has 0 radical (unpaired) electrons. The quantitative estimate of drug-likeness (QED) is 0.567. The minimum Gasteiger partial charge on any atom is -0.319 e. The summed E-state index contributed by atoms with van der Waals surface area (Å²) in [6, 6.07) is 0. The van der Waals surface area contributed by atoms with Crippen LogP contribution in [0.1, 0.15) is 25.7 Å². The number of rotatable bonds is 2. The zero-order chi connectivity index (χ0) is 7.23. The van der Waals surface area contributed by atoms with Gasteiger partial charge in [0.1, 0.15) is 0 Å². The summed E-state index contributed by atoms with van der Waals surface area (Å²) in [5.74, 6) is 7.17. The first-order valence-corrected chi connectivity index (χ1v) is 4.04. The molecule has 1 aliphatic carbocycles. The molecule has 1 heteroatoms. The largest absolute Gasteiger partial charge is 0.319 e. The zero-order valence-electron chi connectivity index (χ0n) is 6.61. The summed E-state index contributed by atoms with van der Waals surface area (Å²) < 4.78 is 0. The van der Waals surface area contributed by atoms with Crippen molar-refractivity contribution in [1.29, 1.82) is 0 Å². The molecule has 0 unspecified atom stereocenters. The highest BCUT2D eigenvalue weighted by atomic mass is 14.8. The summed E-state index contributed by atoms with van der Waals surface area (Å²) >= 11 is 0. The van der Waals surface area contributed by atoms with Gasteiger partial charge in [-0.25, -0.2) is 0 Å². The smallest absolute Gasteiger partial charge is 0.00918 e. The van der Waals surface area contributed by atoms with E-state index in [0.717, 1.165) is 25.3 Å². The summed E-state index contributed by atoms with van der Waals surface area (Å²) in [7, 11) is 2.02. The summed E-state index contributed by atoms with van der Waals surface area (Å²) in [5, 5.41) is 3.21. The molecule has 1 rings (SSSR count). The number of nitrogens with one attached hydrogen (secondary N) is 1. The first-order valence-electron chi connectivity index (χ1n) is 4.04. The average molecular weight is 137 g/mol. The molecule has 10 heavy (non-hydrogen) atoms. The molecule has 0 fully saturated rings. The van der Waals surface area contributed by atoms with Crippen molar-refractivity contribution in [2.24, 2.45) is 5.92 Å². The van der Waals surface area contributed by atoms with E-state index < -0.39 is 0 Å². The van der Waals surface area contributed by atoms with Crippen molar-refractivity contribution in [1.82, 2.24) is 5.32 Å². The molecular weight excluding hydrogens is 122 g/mol. The van der Waals surface area contributed by atoms with Crippen molar-refractivity contribution in [2.75, 3.05) is 13.6 Å². The van der Waals surface area contributed by atoms with E-state index in [1.165, 1.54) is 12.8 Å². The second kappa shape index (κ2) is 4.35. The van der Waals surface area contributed by atoms with Crippen LogP contribution in [0, 0.1) is 17.8 Å². The van der Waals surface area contributed by atoms with E-state index in [4.69, 9.17) is 0 Å². The zero-order valence-corrected chi connectivity index (χ0v) is 6.61. The fourth-order valence-electron chi connectivity index (χ4n) is 1.37. The maximum atomic E-state index is 3.21. The van der Waals surface area contributed by atoms with Crippen molar-refractivity contribution in [3.8, 4) is 11.8 Å². The van der Waals surface area contributed by atoms with E-state index >= 15 is 0 Å². The van der Waals surface area contributed by atoms with Gasteiger partial charge in [-0.05, 0) is 32.4 Å². The number of hydrogen-bond acceptors (Lipinski definition) is 1. The van der Waals surface area contributed by atoms with Crippen molar-refractivity contribution >= 4 is 0 Å². The van der Waals surface area contributed by atoms with E-state index in [2.05, 4.69) is 17.2 Å². The van der Waals surface area contributed by atoms with Crippen LogP contribution in [0.4, 0.5) is 0 Å². The van der Waals surface area contributed by atoms with Gasteiger partial charge < -0.3 is 5.32 Å². The van der Waals surface area contributed by atoms with Gasteiger partial charge in [-0.2, -0.15) is 0 Å². The highest BCUT2D eigenvalue weighted by Gasteiger charge is 2.06. The molecule has 0 amide bonds. The highest BCUT2D eigenvalue weighted by Crippen LogP contribution is 2.14. The average Bonchev–Trinajstić information content (AvgIpc) is 2.17. The first-order chi connectivity index (χ1) is 4.93. The van der Waals surface area contributed by atoms with Crippen LogP contribution in [0.25, 0.3) is 0 Å². The first kappa shape index (κ1) is 7.63. The molecule has 0 spiro atoms. The predicted molar refractivity (Wildman–Crippen MR) is 43.7 cm³/mol. The summed E-state index contributed by atoms with van der Waals surface area (Å²) in [6.45, 7) is 1.16. The molecule has 1 N–H and O–H groups in total. The molecule has 1 aliphatic rings. The monoisotopic (exact) mass is 137 g/mol. The lowest BCUT2D eigenvalue weighted by molar-refractivity contribution is 0.449. The third-order valence-electron chi connectivity index (χ3n) is 1.97. The standard InChI is InChI=1S/C9H15N/c1-10-8-9-6-4-2-3-5-7-9/h9-10H,4-8H2,1H3. The van der Waals surface area contributed by atoms with E-state index in [1.807, 2.05) is 7.05 Å². The molecule has 0 aromatic rings. The third-order valence-corrected chi connectivity index (χ3v) is 1.97. The third kappa shape index (κ3) is 2.41. The molecule has 0 heterocycles. The molecule has 0 aromatic heterocycles. The fourth-order valence-corrected chi connectivity index (χ4v) is 1.37. The lowest BCUT2D eigenvalue weighted by Crippen LogP contribution is -2.18. The van der Waals surface area contributed by atoms with Crippen LogP contribution >= 0.6 is 0 Å². The van der Waals surface area contributed by atoms with Crippen LogP contribution < -0.4 is 5.32 Å². The SMILES string of the molecule is CNCC1CCC#CCC1.